The number of carbonyl (C=O) groups excluding carboxylic acids is 4. The Morgan fingerprint density at radius 3 is 2.18 bits per heavy atom. The topological polar surface area (TPSA) is 92.8 Å². The van der Waals surface area contributed by atoms with E-state index >= 15 is 0 Å². The number of ketones is 1. The molecule has 2 amide bonds. The van der Waals surface area contributed by atoms with Gasteiger partial charge in [-0.2, -0.15) is 5.01 Å². The van der Waals surface area contributed by atoms with Crippen molar-refractivity contribution in [1.29, 1.82) is 0 Å². The van der Waals surface area contributed by atoms with Gasteiger partial charge in [0.1, 0.15) is 5.57 Å². The van der Waals surface area contributed by atoms with Crippen LogP contribution in [0.15, 0.2) is 36.0 Å². The van der Waals surface area contributed by atoms with Crippen LogP contribution in [0.1, 0.15) is 34.6 Å². The second-order valence-electron chi connectivity index (χ2n) is 4.46. The molecule has 0 saturated carbocycles. The first kappa shape index (κ1) is 15.4. The molecule has 0 radical (unpaired) electrons. The summed E-state index contributed by atoms with van der Waals surface area (Å²) in [7, 11) is 0. The van der Waals surface area contributed by atoms with Gasteiger partial charge in [0.15, 0.2) is 5.78 Å². The number of Topliss-reactive ketones (excluding diaryl/α,β-unsaturated/α-hetero) is 1. The number of ether oxygens (including phenoxy) is 1. The number of hydrazine groups is 1. The largest absolute Gasteiger partial charge is 0.462 e. The Morgan fingerprint density at radius 2 is 1.73 bits per heavy atom. The van der Waals surface area contributed by atoms with Crippen LogP contribution < -0.4 is 5.43 Å². The molecule has 114 valence electrons. The van der Waals surface area contributed by atoms with Gasteiger partial charge in [-0.1, -0.05) is 12.1 Å². The summed E-state index contributed by atoms with van der Waals surface area (Å²) in [6.07, 6.45) is 1.00. The molecule has 22 heavy (non-hydrogen) atoms. The summed E-state index contributed by atoms with van der Waals surface area (Å²) in [6, 6.07) is 6.34. The van der Waals surface area contributed by atoms with Gasteiger partial charge >= 0.3 is 5.97 Å². The van der Waals surface area contributed by atoms with Crippen LogP contribution in [0, 0.1) is 0 Å². The van der Waals surface area contributed by atoms with E-state index in [1.165, 1.54) is 19.1 Å². The van der Waals surface area contributed by atoms with Crippen molar-refractivity contribution >= 4 is 23.6 Å². The van der Waals surface area contributed by atoms with Crippen LogP contribution in [-0.2, 0) is 14.3 Å². The monoisotopic (exact) mass is 302 g/mol. The van der Waals surface area contributed by atoms with Crippen molar-refractivity contribution in [3.63, 3.8) is 0 Å². The zero-order valence-electron chi connectivity index (χ0n) is 12.1. The number of esters is 1. The minimum absolute atomic E-state index is 0.108. The number of imide groups is 1. The molecular formula is C15H14N2O5. The van der Waals surface area contributed by atoms with Crippen LogP contribution >= 0.6 is 0 Å². The first-order valence-electron chi connectivity index (χ1n) is 6.59. The van der Waals surface area contributed by atoms with E-state index in [4.69, 9.17) is 4.74 Å². The van der Waals surface area contributed by atoms with E-state index in [9.17, 15) is 19.2 Å². The number of nitrogens with zero attached hydrogens (tertiary/aromatic N) is 1. The fourth-order valence-corrected chi connectivity index (χ4v) is 1.95. The highest BCUT2D eigenvalue weighted by molar-refractivity contribution is 6.21. The number of nitrogens with one attached hydrogen (secondary N) is 1. The number of hydrogen-bond acceptors (Lipinski definition) is 6. The fourth-order valence-electron chi connectivity index (χ4n) is 1.95. The van der Waals surface area contributed by atoms with E-state index in [-0.39, 0.29) is 23.3 Å². The van der Waals surface area contributed by atoms with Crippen LogP contribution in [0.2, 0.25) is 0 Å². The Kier molecular flexibility index (Phi) is 4.36. The molecule has 1 aliphatic rings. The van der Waals surface area contributed by atoms with Gasteiger partial charge in [0.2, 0.25) is 0 Å². The quantitative estimate of drug-likeness (QED) is 0.285. The van der Waals surface area contributed by atoms with Crippen molar-refractivity contribution in [2.45, 2.75) is 13.8 Å². The normalized spacial score (nSPS) is 13.9. The summed E-state index contributed by atoms with van der Waals surface area (Å²) in [5.41, 5.74) is 2.64. The highest BCUT2D eigenvalue weighted by Gasteiger charge is 2.35. The van der Waals surface area contributed by atoms with E-state index < -0.39 is 23.6 Å². The summed E-state index contributed by atoms with van der Waals surface area (Å²) in [5, 5.41) is 0.743. The molecule has 0 aromatic heterocycles. The molecule has 2 rings (SSSR count). The average Bonchev–Trinajstić information content (AvgIpc) is 2.72. The number of hydrogen-bond donors (Lipinski definition) is 1. The molecule has 1 aromatic rings. The molecular weight excluding hydrogens is 288 g/mol. The highest BCUT2D eigenvalue weighted by Crippen LogP contribution is 2.20. The molecule has 7 heteroatoms. The van der Waals surface area contributed by atoms with Gasteiger partial charge in [-0.25, -0.2) is 4.79 Å². The molecule has 0 atom stereocenters. The Morgan fingerprint density at radius 1 is 1.18 bits per heavy atom. The standard InChI is InChI=1S/C15H14N2O5/c1-3-22-15(21)12(9(2)18)8-16-17-13(19)10-6-4-5-7-11(10)14(17)20/h4-8,16H,3H2,1-2H3. The zero-order valence-corrected chi connectivity index (χ0v) is 12.1. The van der Waals surface area contributed by atoms with E-state index in [2.05, 4.69) is 5.43 Å². The number of benzene rings is 1. The zero-order chi connectivity index (χ0) is 16.3. The van der Waals surface area contributed by atoms with Crippen molar-refractivity contribution in [1.82, 2.24) is 10.4 Å². The lowest BCUT2D eigenvalue weighted by Crippen LogP contribution is -2.40. The average molecular weight is 302 g/mol. The van der Waals surface area contributed by atoms with Crippen molar-refractivity contribution in [3.8, 4) is 0 Å². The van der Waals surface area contributed by atoms with E-state index in [1.807, 2.05) is 0 Å². The molecule has 0 bridgehead atoms. The lowest BCUT2D eigenvalue weighted by molar-refractivity contribution is -0.139. The lowest BCUT2D eigenvalue weighted by Gasteiger charge is -2.14. The van der Waals surface area contributed by atoms with Crippen molar-refractivity contribution in [2.24, 2.45) is 0 Å². The van der Waals surface area contributed by atoms with Gasteiger partial charge < -0.3 is 4.74 Å². The summed E-state index contributed by atoms with van der Waals surface area (Å²) < 4.78 is 4.74. The predicted octanol–water partition coefficient (Wildman–Crippen LogP) is 0.823. The predicted molar refractivity (Wildman–Crippen MR) is 75.5 cm³/mol. The number of carbonyl (C=O) groups is 4. The molecule has 0 saturated heterocycles. The molecule has 1 N–H and O–H groups in total. The van der Waals surface area contributed by atoms with Crippen LogP contribution in [0.5, 0.6) is 0 Å². The summed E-state index contributed by atoms with van der Waals surface area (Å²) >= 11 is 0. The molecule has 1 heterocycles. The maximum atomic E-state index is 12.1. The molecule has 1 aliphatic heterocycles. The van der Waals surface area contributed by atoms with Crippen molar-refractivity contribution in [3.05, 3.63) is 47.2 Å². The van der Waals surface area contributed by atoms with Crippen LogP contribution in [-0.4, -0.2) is 35.2 Å². The third-order valence-electron chi connectivity index (χ3n) is 3.01. The maximum absolute atomic E-state index is 12.1. The van der Waals surface area contributed by atoms with Gasteiger partial charge in [-0.3, -0.25) is 19.8 Å². The van der Waals surface area contributed by atoms with Gasteiger partial charge in [0, 0.05) is 6.20 Å². The molecule has 0 aliphatic carbocycles. The van der Waals surface area contributed by atoms with Crippen molar-refractivity contribution in [2.75, 3.05) is 6.61 Å². The van der Waals surface area contributed by atoms with Gasteiger partial charge in [-0.05, 0) is 26.0 Å². The Labute approximate surface area is 126 Å². The van der Waals surface area contributed by atoms with Gasteiger partial charge in [-0.15, -0.1) is 0 Å². The first-order valence-corrected chi connectivity index (χ1v) is 6.59. The second-order valence-corrected chi connectivity index (χ2v) is 4.46. The van der Waals surface area contributed by atoms with E-state index in [0.717, 1.165) is 11.2 Å². The molecule has 0 fully saturated rings. The van der Waals surface area contributed by atoms with E-state index in [0.29, 0.717) is 0 Å². The minimum Gasteiger partial charge on any atom is -0.462 e. The Bertz CT molecular complexity index is 658. The summed E-state index contributed by atoms with van der Waals surface area (Å²) in [6.45, 7) is 2.90. The molecule has 0 spiro atoms. The SMILES string of the molecule is CCOC(=O)C(=CNN1C(=O)c2ccccc2C1=O)C(C)=O. The van der Waals surface area contributed by atoms with E-state index in [1.54, 1.807) is 19.1 Å². The Hall–Kier alpha value is -2.96. The summed E-state index contributed by atoms with van der Waals surface area (Å²) in [4.78, 5) is 47.3. The number of amides is 2. The van der Waals surface area contributed by atoms with Crippen LogP contribution in [0.4, 0.5) is 0 Å². The van der Waals surface area contributed by atoms with Crippen LogP contribution in [0.3, 0.4) is 0 Å². The number of rotatable bonds is 5. The fraction of sp³-hybridized carbons (Fsp3) is 0.200. The smallest absolute Gasteiger partial charge is 0.343 e. The minimum atomic E-state index is -0.820. The third kappa shape index (κ3) is 2.73. The first-order chi connectivity index (χ1) is 10.5. The lowest BCUT2D eigenvalue weighted by atomic mass is 10.1. The third-order valence-corrected chi connectivity index (χ3v) is 3.01. The number of fused-ring (bicyclic) bond motifs is 1. The molecule has 7 nitrogen and oxygen atoms in total. The Balaban J connectivity index is 2.23. The van der Waals surface area contributed by atoms with Gasteiger partial charge in [0.05, 0.1) is 17.7 Å². The van der Waals surface area contributed by atoms with Gasteiger partial charge in [0.25, 0.3) is 11.8 Å². The summed E-state index contributed by atoms with van der Waals surface area (Å²) in [5.74, 6) is -2.46. The maximum Gasteiger partial charge on any atom is 0.343 e. The second kappa shape index (κ2) is 6.21. The molecule has 0 unspecified atom stereocenters. The highest BCUT2D eigenvalue weighted by atomic mass is 16.5. The van der Waals surface area contributed by atoms with Crippen LogP contribution in [0.25, 0.3) is 0 Å². The molecule has 1 aromatic carbocycles. The van der Waals surface area contributed by atoms with Crippen molar-refractivity contribution < 1.29 is 23.9 Å².